The summed E-state index contributed by atoms with van der Waals surface area (Å²) in [6, 6.07) is 17.6. The van der Waals surface area contributed by atoms with Gasteiger partial charge in [0.1, 0.15) is 10.7 Å². The van der Waals surface area contributed by atoms with Crippen LogP contribution in [0.4, 0.5) is 16.6 Å². The highest BCUT2D eigenvalue weighted by Gasteiger charge is 2.20. The van der Waals surface area contributed by atoms with E-state index in [-0.39, 0.29) is 11.6 Å². The molecule has 0 saturated heterocycles. The standard InChI is InChI=1S/C18H13N3OS2/c19-17-16(24-18(21-17)20-11-6-2-1-3-7-11)15(22)13-10-23-14-9-5-4-8-12(13)14/h1-10H,19H2,(H,20,21). The average molecular weight is 351 g/mol. The van der Waals surface area contributed by atoms with Crippen LogP contribution in [-0.4, -0.2) is 10.8 Å². The molecule has 0 radical (unpaired) electrons. The smallest absolute Gasteiger partial charge is 0.208 e. The van der Waals surface area contributed by atoms with Crippen molar-refractivity contribution in [3.63, 3.8) is 0 Å². The summed E-state index contributed by atoms with van der Waals surface area (Å²) in [5.41, 5.74) is 7.57. The van der Waals surface area contributed by atoms with Crippen molar-refractivity contribution in [1.29, 1.82) is 0 Å². The van der Waals surface area contributed by atoms with Crippen LogP contribution in [0.2, 0.25) is 0 Å². The van der Waals surface area contributed by atoms with Crippen LogP contribution in [-0.2, 0) is 0 Å². The second-order valence-electron chi connectivity index (χ2n) is 5.20. The summed E-state index contributed by atoms with van der Waals surface area (Å²) in [7, 11) is 0. The number of carbonyl (C=O) groups excluding carboxylic acids is 1. The molecule has 0 bridgehead atoms. The Morgan fingerprint density at radius 1 is 1.04 bits per heavy atom. The number of fused-ring (bicyclic) bond motifs is 1. The molecule has 0 aliphatic carbocycles. The Hall–Kier alpha value is -2.70. The van der Waals surface area contributed by atoms with E-state index in [9.17, 15) is 4.79 Å². The number of rotatable bonds is 4. The van der Waals surface area contributed by atoms with Crippen molar-refractivity contribution in [3.05, 3.63) is 70.4 Å². The highest BCUT2D eigenvalue weighted by atomic mass is 32.1. The van der Waals surface area contributed by atoms with Crippen LogP contribution in [0.25, 0.3) is 10.1 Å². The van der Waals surface area contributed by atoms with Crippen LogP contribution in [0.1, 0.15) is 15.2 Å². The number of para-hydroxylation sites is 1. The number of aromatic nitrogens is 1. The number of hydrogen-bond acceptors (Lipinski definition) is 6. The van der Waals surface area contributed by atoms with Crippen molar-refractivity contribution >= 4 is 55.2 Å². The second-order valence-corrected chi connectivity index (χ2v) is 7.11. The third-order valence-corrected chi connectivity index (χ3v) is 5.56. The van der Waals surface area contributed by atoms with E-state index in [1.54, 1.807) is 11.3 Å². The molecule has 0 saturated carbocycles. The van der Waals surface area contributed by atoms with Gasteiger partial charge in [-0.25, -0.2) is 4.98 Å². The van der Waals surface area contributed by atoms with Crippen LogP contribution in [0.5, 0.6) is 0 Å². The number of benzene rings is 2. The first-order valence-corrected chi connectivity index (χ1v) is 9.01. The van der Waals surface area contributed by atoms with E-state index in [4.69, 9.17) is 5.73 Å². The number of thiophene rings is 1. The van der Waals surface area contributed by atoms with E-state index >= 15 is 0 Å². The third kappa shape index (κ3) is 2.66. The minimum absolute atomic E-state index is 0.0800. The largest absolute Gasteiger partial charge is 0.382 e. The number of nitrogens with two attached hydrogens (primary N) is 1. The SMILES string of the molecule is Nc1nc(Nc2ccccc2)sc1C(=O)c1csc2ccccc12. The first kappa shape index (κ1) is 14.9. The minimum Gasteiger partial charge on any atom is -0.382 e. The number of nitrogens with zero attached hydrogens (tertiary/aromatic N) is 1. The van der Waals surface area contributed by atoms with Gasteiger partial charge in [-0.2, -0.15) is 0 Å². The lowest BCUT2D eigenvalue weighted by Crippen LogP contribution is -2.01. The van der Waals surface area contributed by atoms with E-state index in [0.717, 1.165) is 15.8 Å². The molecule has 0 spiro atoms. The van der Waals surface area contributed by atoms with Crippen LogP contribution >= 0.6 is 22.7 Å². The fourth-order valence-electron chi connectivity index (χ4n) is 2.47. The molecule has 4 aromatic rings. The van der Waals surface area contributed by atoms with Gasteiger partial charge in [-0.3, -0.25) is 4.79 Å². The zero-order valence-corrected chi connectivity index (χ0v) is 14.2. The van der Waals surface area contributed by atoms with Gasteiger partial charge in [0.25, 0.3) is 0 Å². The molecule has 2 aromatic heterocycles. The number of thiazole rings is 1. The van der Waals surface area contributed by atoms with E-state index < -0.39 is 0 Å². The summed E-state index contributed by atoms with van der Waals surface area (Å²) < 4.78 is 1.09. The quantitative estimate of drug-likeness (QED) is 0.512. The Bertz CT molecular complexity index is 1020. The van der Waals surface area contributed by atoms with E-state index in [0.29, 0.717) is 15.6 Å². The van der Waals surface area contributed by atoms with Crippen molar-refractivity contribution in [2.45, 2.75) is 0 Å². The lowest BCUT2D eigenvalue weighted by molar-refractivity contribution is 0.104. The summed E-state index contributed by atoms with van der Waals surface area (Å²) in [6.45, 7) is 0. The molecule has 118 valence electrons. The number of ketones is 1. The predicted octanol–water partition coefficient (Wildman–Crippen LogP) is 4.91. The number of nitrogens with one attached hydrogen (secondary N) is 1. The van der Waals surface area contributed by atoms with Gasteiger partial charge in [-0.15, -0.1) is 11.3 Å². The maximum atomic E-state index is 12.9. The Morgan fingerprint density at radius 3 is 2.62 bits per heavy atom. The number of carbonyl (C=O) groups is 1. The summed E-state index contributed by atoms with van der Waals surface area (Å²) in [5, 5.41) is 6.63. The molecule has 4 nitrogen and oxygen atoms in total. The third-order valence-electron chi connectivity index (χ3n) is 3.61. The van der Waals surface area contributed by atoms with Crippen molar-refractivity contribution in [1.82, 2.24) is 4.98 Å². The van der Waals surface area contributed by atoms with Crippen LogP contribution in [0.15, 0.2) is 60.0 Å². The van der Waals surface area contributed by atoms with Crippen molar-refractivity contribution < 1.29 is 4.79 Å². The molecule has 0 aliphatic heterocycles. The molecule has 4 rings (SSSR count). The fraction of sp³-hybridized carbons (Fsp3) is 0. The summed E-state index contributed by atoms with van der Waals surface area (Å²) in [4.78, 5) is 17.6. The average Bonchev–Trinajstić information content (AvgIpc) is 3.19. The lowest BCUT2D eigenvalue weighted by atomic mass is 10.1. The van der Waals surface area contributed by atoms with Crippen molar-refractivity contribution in [2.24, 2.45) is 0 Å². The Kier molecular flexibility index (Phi) is 3.76. The van der Waals surface area contributed by atoms with Gasteiger partial charge in [0.05, 0.1) is 0 Å². The highest BCUT2D eigenvalue weighted by Crippen LogP contribution is 2.33. The normalized spacial score (nSPS) is 10.8. The molecule has 0 amide bonds. The topological polar surface area (TPSA) is 68.0 Å². The van der Waals surface area contributed by atoms with Gasteiger partial charge >= 0.3 is 0 Å². The van der Waals surface area contributed by atoms with E-state index in [2.05, 4.69) is 10.3 Å². The summed E-state index contributed by atoms with van der Waals surface area (Å²) >= 11 is 2.84. The second kappa shape index (κ2) is 6.07. The molecule has 2 heterocycles. The Morgan fingerprint density at radius 2 is 1.79 bits per heavy atom. The molecule has 24 heavy (non-hydrogen) atoms. The molecule has 0 aliphatic rings. The van der Waals surface area contributed by atoms with Gasteiger partial charge in [0, 0.05) is 26.7 Å². The first-order valence-electron chi connectivity index (χ1n) is 7.31. The monoisotopic (exact) mass is 351 g/mol. The van der Waals surface area contributed by atoms with Crippen molar-refractivity contribution in [2.75, 3.05) is 11.1 Å². The molecule has 0 atom stereocenters. The lowest BCUT2D eigenvalue weighted by Gasteiger charge is -2.00. The van der Waals surface area contributed by atoms with Gasteiger partial charge in [0.2, 0.25) is 5.78 Å². The van der Waals surface area contributed by atoms with Gasteiger partial charge in [0.15, 0.2) is 5.13 Å². The zero-order chi connectivity index (χ0) is 16.5. The number of hydrogen-bond donors (Lipinski definition) is 2. The predicted molar refractivity (Wildman–Crippen MR) is 102 cm³/mol. The maximum absolute atomic E-state index is 12.9. The Labute approximate surface area is 146 Å². The van der Waals surface area contributed by atoms with E-state index in [1.165, 1.54) is 11.3 Å². The highest BCUT2D eigenvalue weighted by molar-refractivity contribution is 7.19. The van der Waals surface area contributed by atoms with Gasteiger partial charge in [-0.05, 0) is 18.2 Å². The number of anilines is 3. The summed E-state index contributed by atoms with van der Waals surface area (Å²) in [6.07, 6.45) is 0. The van der Waals surface area contributed by atoms with Crippen LogP contribution in [0, 0.1) is 0 Å². The molecule has 0 fully saturated rings. The number of nitrogen functional groups attached to an aromatic ring is 1. The molecule has 2 aromatic carbocycles. The van der Waals surface area contributed by atoms with Gasteiger partial charge in [-0.1, -0.05) is 47.7 Å². The summed E-state index contributed by atoms with van der Waals surface area (Å²) in [5.74, 6) is 0.183. The molecule has 0 unspecified atom stereocenters. The maximum Gasteiger partial charge on any atom is 0.208 e. The Balaban J connectivity index is 1.68. The zero-order valence-electron chi connectivity index (χ0n) is 12.5. The fourth-order valence-corrected chi connectivity index (χ4v) is 4.27. The first-order chi connectivity index (χ1) is 11.7. The van der Waals surface area contributed by atoms with E-state index in [1.807, 2.05) is 60.0 Å². The molecular formula is C18H13N3OS2. The van der Waals surface area contributed by atoms with Gasteiger partial charge < -0.3 is 11.1 Å². The molecule has 3 N–H and O–H groups in total. The minimum atomic E-state index is -0.0800. The van der Waals surface area contributed by atoms with Crippen LogP contribution in [0.3, 0.4) is 0 Å². The van der Waals surface area contributed by atoms with Crippen molar-refractivity contribution in [3.8, 4) is 0 Å². The van der Waals surface area contributed by atoms with Crippen LogP contribution < -0.4 is 11.1 Å². The molecular weight excluding hydrogens is 338 g/mol. The molecule has 6 heteroatoms.